The number of benzene rings is 7. The molecule has 10 rings (SSSR count). The lowest BCUT2D eigenvalue weighted by Gasteiger charge is -2.32. The third kappa shape index (κ3) is 4.49. The Labute approximate surface area is 298 Å². The molecule has 2 heteroatoms. The second-order valence-corrected chi connectivity index (χ2v) is 14.3. The number of furan rings is 1. The second kappa shape index (κ2) is 11.5. The van der Waals surface area contributed by atoms with Crippen molar-refractivity contribution in [1.82, 2.24) is 0 Å². The van der Waals surface area contributed by atoms with Crippen LogP contribution >= 0.6 is 0 Å². The van der Waals surface area contributed by atoms with Gasteiger partial charge in [0.15, 0.2) is 0 Å². The summed E-state index contributed by atoms with van der Waals surface area (Å²) in [5, 5.41) is 4.59. The minimum atomic E-state index is 0.00344. The van der Waals surface area contributed by atoms with Crippen molar-refractivity contribution in [2.45, 2.75) is 32.1 Å². The van der Waals surface area contributed by atoms with Gasteiger partial charge in [0.2, 0.25) is 0 Å². The van der Waals surface area contributed by atoms with Gasteiger partial charge in [0.1, 0.15) is 11.2 Å². The van der Waals surface area contributed by atoms with Gasteiger partial charge in [-0.05, 0) is 82.5 Å². The predicted octanol–water partition coefficient (Wildman–Crippen LogP) is 13.8. The van der Waals surface area contributed by atoms with Gasteiger partial charge in [-0.25, -0.2) is 0 Å². The molecule has 0 unspecified atom stereocenters. The molecule has 0 saturated heterocycles. The van der Waals surface area contributed by atoms with E-state index in [1.165, 1.54) is 33.2 Å². The predicted molar refractivity (Wildman–Crippen MR) is 215 cm³/mol. The van der Waals surface area contributed by atoms with Crippen molar-refractivity contribution >= 4 is 60.9 Å². The van der Waals surface area contributed by atoms with Gasteiger partial charge in [-0.2, -0.15) is 0 Å². The Morgan fingerprint density at radius 1 is 0.549 bits per heavy atom. The van der Waals surface area contributed by atoms with Crippen LogP contribution in [-0.2, 0) is 5.41 Å². The summed E-state index contributed by atoms with van der Waals surface area (Å²) in [7, 11) is 0. The summed E-state index contributed by atoms with van der Waals surface area (Å²) in [6.45, 7) is 4.80. The summed E-state index contributed by atoms with van der Waals surface area (Å²) in [5.41, 5.74) is 15.9. The van der Waals surface area contributed by atoms with Crippen LogP contribution in [0, 0.1) is 0 Å². The summed E-state index contributed by atoms with van der Waals surface area (Å²) < 4.78 is 6.66. The van der Waals surface area contributed by atoms with E-state index in [0.29, 0.717) is 0 Å². The molecule has 0 N–H and O–H groups in total. The number of hydrogen-bond donors (Lipinski definition) is 0. The highest BCUT2D eigenvalue weighted by molar-refractivity contribution is 6.20. The number of para-hydroxylation sites is 3. The highest BCUT2D eigenvalue weighted by Crippen LogP contribution is 2.56. The van der Waals surface area contributed by atoms with E-state index in [-0.39, 0.29) is 5.41 Å². The van der Waals surface area contributed by atoms with Crippen molar-refractivity contribution in [2.75, 3.05) is 4.90 Å². The van der Waals surface area contributed by atoms with Crippen LogP contribution in [0.25, 0.3) is 55.0 Å². The van der Waals surface area contributed by atoms with Gasteiger partial charge >= 0.3 is 0 Å². The maximum atomic E-state index is 6.66. The lowest BCUT2D eigenvalue weighted by molar-refractivity contribution is 0.608. The normalized spacial score (nSPS) is 14.9. The molecule has 1 aromatic heterocycles. The van der Waals surface area contributed by atoms with Crippen LogP contribution in [0.15, 0.2) is 174 Å². The average Bonchev–Trinajstić information content (AvgIpc) is 3.69. The Morgan fingerprint density at radius 2 is 1.22 bits per heavy atom. The molecule has 0 atom stereocenters. The summed E-state index contributed by atoms with van der Waals surface area (Å²) >= 11 is 0. The van der Waals surface area contributed by atoms with Crippen molar-refractivity contribution in [3.63, 3.8) is 0 Å². The Bertz CT molecular complexity index is 2720. The van der Waals surface area contributed by atoms with Crippen molar-refractivity contribution in [1.29, 1.82) is 0 Å². The molecule has 2 nitrogen and oxygen atoms in total. The highest BCUT2D eigenvalue weighted by Gasteiger charge is 2.40. The standard InChI is InChI=1S/C49H37NO/c1-49(2)41-25-11-8-22-39(41)46-37(23-14-26-42(46)49)35-20-9-12-27-43(35)50(33-17-4-3-5-18-33)44-28-13-10-21-36(44)38-24-15-29-45-47(38)40-31-30-32-16-6-7-19-34(32)48(40)51-45/h3-13,15-25,27-31H,14,26H2,1-2H3. The largest absolute Gasteiger partial charge is 0.455 e. The Balaban J connectivity index is 1.21. The fraction of sp³-hybridized carbons (Fsp3) is 0.102. The minimum absolute atomic E-state index is 0.00344. The zero-order valence-corrected chi connectivity index (χ0v) is 28.9. The molecule has 244 valence electrons. The van der Waals surface area contributed by atoms with Crippen LogP contribution in [-0.4, -0.2) is 0 Å². The zero-order chi connectivity index (χ0) is 34.1. The van der Waals surface area contributed by atoms with Crippen LogP contribution in [0.3, 0.4) is 0 Å². The van der Waals surface area contributed by atoms with Crippen LogP contribution in [0.5, 0.6) is 0 Å². The van der Waals surface area contributed by atoms with E-state index in [0.717, 1.165) is 68.4 Å². The molecule has 0 amide bonds. The topological polar surface area (TPSA) is 16.4 Å². The number of nitrogens with zero attached hydrogens (tertiary/aromatic N) is 1. The smallest absolute Gasteiger partial charge is 0.143 e. The molecular formula is C49H37NO. The zero-order valence-electron chi connectivity index (χ0n) is 28.9. The number of fused-ring (bicyclic) bond motifs is 7. The van der Waals surface area contributed by atoms with E-state index >= 15 is 0 Å². The average molecular weight is 656 g/mol. The van der Waals surface area contributed by atoms with E-state index in [2.05, 4.69) is 183 Å². The molecule has 2 aliphatic carbocycles. The van der Waals surface area contributed by atoms with Gasteiger partial charge < -0.3 is 9.32 Å². The molecule has 0 radical (unpaired) electrons. The molecule has 0 fully saturated rings. The van der Waals surface area contributed by atoms with Gasteiger partial charge in [-0.15, -0.1) is 0 Å². The quantitative estimate of drug-likeness (QED) is 0.183. The summed E-state index contributed by atoms with van der Waals surface area (Å²) in [6.07, 6.45) is 4.60. The van der Waals surface area contributed by atoms with Crippen LogP contribution in [0.1, 0.15) is 43.4 Å². The molecule has 7 aromatic carbocycles. The first-order valence-electron chi connectivity index (χ1n) is 18.0. The van der Waals surface area contributed by atoms with Crippen molar-refractivity contribution < 1.29 is 4.42 Å². The highest BCUT2D eigenvalue weighted by atomic mass is 16.3. The lowest BCUT2D eigenvalue weighted by Crippen LogP contribution is -2.18. The van der Waals surface area contributed by atoms with Gasteiger partial charge in [0.25, 0.3) is 0 Å². The van der Waals surface area contributed by atoms with E-state index in [4.69, 9.17) is 4.42 Å². The fourth-order valence-electron chi connectivity index (χ4n) is 8.89. The molecule has 0 aliphatic heterocycles. The molecule has 51 heavy (non-hydrogen) atoms. The Hall–Kier alpha value is -6.12. The van der Waals surface area contributed by atoms with Crippen LogP contribution in [0.4, 0.5) is 17.1 Å². The summed E-state index contributed by atoms with van der Waals surface area (Å²) in [6, 6.07) is 57.1. The third-order valence-electron chi connectivity index (χ3n) is 11.2. The number of rotatable bonds is 5. The molecule has 2 aliphatic rings. The van der Waals surface area contributed by atoms with Crippen LogP contribution < -0.4 is 4.90 Å². The van der Waals surface area contributed by atoms with E-state index in [1.54, 1.807) is 5.57 Å². The third-order valence-corrected chi connectivity index (χ3v) is 11.2. The number of allylic oxidation sites excluding steroid dienone is 4. The van der Waals surface area contributed by atoms with Gasteiger partial charge in [-0.1, -0.05) is 147 Å². The molecular weight excluding hydrogens is 619 g/mol. The van der Waals surface area contributed by atoms with Gasteiger partial charge in [-0.3, -0.25) is 0 Å². The van der Waals surface area contributed by atoms with Gasteiger partial charge in [0.05, 0.1) is 11.4 Å². The summed E-state index contributed by atoms with van der Waals surface area (Å²) in [5.74, 6) is 0. The SMILES string of the molecule is CC1(C)C2=C(C(c3ccccc3N(c3ccccc3)c3ccccc3-c3cccc4oc5c6ccccc6ccc5c34)=CCC2)c2ccccc21. The van der Waals surface area contributed by atoms with Crippen LogP contribution in [0.2, 0.25) is 0 Å². The van der Waals surface area contributed by atoms with Gasteiger partial charge in [0, 0.05) is 38.4 Å². The van der Waals surface area contributed by atoms with E-state index < -0.39 is 0 Å². The minimum Gasteiger partial charge on any atom is -0.455 e. The second-order valence-electron chi connectivity index (χ2n) is 14.3. The first-order valence-corrected chi connectivity index (χ1v) is 18.0. The Kier molecular flexibility index (Phi) is 6.69. The monoisotopic (exact) mass is 655 g/mol. The van der Waals surface area contributed by atoms with Crippen molar-refractivity contribution in [3.8, 4) is 11.1 Å². The van der Waals surface area contributed by atoms with E-state index in [1.807, 2.05) is 0 Å². The Morgan fingerprint density at radius 3 is 2.06 bits per heavy atom. The number of hydrogen-bond acceptors (Lipinski definition) is 2. The maximum absolute atomic E-state index is 6.66. The molecule has 0 spiro atoms. The first kappa shape index (κ1) is 29.8. The van der Waals surface area contributed by atoms with Crippen molar-refractivity contribution in [2.24, 2.45) is 0 Å². The van der Waals surface area contributed by atoms with Crippen molar-refractivity contribution in [3.05, 3.63) is 186 Å². The first-order chi connectivity index (χ1) is 25.1. The van der Waals surface area contributed by atoms with E-state index in [9.17, 15) is 0 Å². The molecule has 1 heterocycles. The molecule has 8 aromatic rings. The molecule has 0 bridgehead atoms. The lowest BCUT2D eigenvalue weighted by atomic mass is 9.77. The molecule has 0 saturated carbocycles. The number of anilines is 3. The fourth-order valence-corrected chi connectivity index (χ4v) is 8.89. The summed E-state index contributed by atoms with van der Waals surface area (Å²) in [4.78, 5) is 2.46. The maximum Gasteiger partial charge on any atom is 0.143 e.